The number of phenolic OH excluding ortho intramolecular Hbond substituents is 1. The summed E-state index contributed by atoms with van der Waals surface area (Å²) in [5.74, 6) is 0.129. The van der Waals surface area contributed by atoms with E-state index < -0.39 is 6.17 Å². The number of phenols is 1. The lowest BCUT2D eigenvalue weighted by molar-refractivity contribution is 0.181. The van der Waals surface area contributed by atoms with Crippen molar-refractivity contribution in [3.8, 4) is 5.75 Å². The molecule has 1 unspecified atom stereocenters. The van der Waals surface area contributed by atoms with Gasteiger partial charge >= 0.3 is 6.03 Å². The molecule has 1 atom stereocenters. The predicted molar refractivity (Wildman–Crippen MR) is 62.9 cm³/mol. The van der Waals surface area contributed by atoms with Gasteiger partial charge < -0.3 is 15.3 Å². The van der Waals surface area contributed by atoms with Gasteiger partial charge in [0.15, 0.2) is 5.11 Å². The average Bonchev–Trinajstić information content (AvgIpc) is 2.24. The van der Waals surface area contributed by atoms with Crippen LogP contribution in [0.5, 0.6) is 5.75 Å². The normalized spacial score (nSPS) is 20.3. The number of carbonyl (C=O) groups is 1. The maximum Gasteiger partial charge on any atom is 0.325 e. The number of aromatic hydroxyl groups is 1. The Labute approximate surface area is 98.1 Å². The number of urea groups is 1. The molecule has 1 fully saturated rings. The summed E-state index contributed by atoms with van der Waals surface area (Å²) < 4.78 is 0. The smallest absolute Gasteiger partial charge is 0.325 e. The van der Waals surface area contributed by atoms with Crippen LogP contribution in [0.3, 0.4) is 0 Å². The molecule has 84 valence electrons. The number of hydrogen-bond donors (Lipinski definition) is 3. The van der Waals surface area contributed by atoms with Crippen LogP contribution in [0, 0.1) is 0 Å². The Bertz CT molecular complexity index is 449. The molecule has 1 aliphatic heterocycles. The number of amides is 2. The zero-order valence-electron chi connectivity index (χ0n) is 8.60. The van der Waals surface area contributed by atoms with Crippen LogP contribution >= 0.6 is 12.2 Å². The van der Waals surface area contributed by atoms with Gasteiger partial charge in [-0.05, 0) is 18.3 Å². The van der Waals surface area contributed by atoms with Crippen LogP contribution in [0.15, 0.2) is 24.3 Å². The van der Waals surface area contributed by atoms with Gasteiger partial charge in [-0.25, -0.2) is 4.79 Å². The van der Waals surface area contributed by atoms with Crippen LogP contribution in [0.25, 0.3) is 0 Å². The Balaban J connectivity index is 2.36. The highest BCUT2D eigenvalue weighted by Gasteiger charge is 2.29. The van der Waals surface area contributed by atoms with Gasteiger partial charge in [-0.15, -0.1) is 0 Å². The number of thiocarbonyl (C=S) groups is 1. The van der Waals surface area contributed by atoms with E-state index in [1.807, 2.05) is 0 Å². The maximum atomic E-state index is 11.5. The largest absolute Gasteiger partial charge is 0.508 e. The van der Waals surface area contributed by atoms with Gasteiger partial charge in [0.2, 0.25) is 0 Å². The summed E-state index contributed by atoms with van der Waals surface area (Å²) in [5, 5.41) is 15.4. The van der Waals surface area contributed by atoms with Gasteiger partial charge in [-0.1, -0.05) is 18.2 Å². The molecule has 3 N–H and O–H groups in total. The number of nitrogens with zero attached hydrogens (tertiary/aromatic N) is 1. The van der Waals surface area contributed by atoms with Crippen molar-refractivity contribution in [1.29, 1.82) is 0 Å². The number of benzene rings is 1. The van der Waals surface area contributed by atoms with E-state index in [0.717, 1.165) is 0 Å². The third-order valence-electron chi connectivity index (χ3n) is 2.43. The monoisotopic (exact) mass is 237 g/mol. The second kappa shape index (κ2) is 3.97. The molecule has 5 nitrogen and oxygen atoms in total. The zero-order chi connectivity index (χ0) is 11.7. The van der Waals surface area contributed by atoms with Crippen molar-refractivity contribution in [3.63, 3.8) is 0 Å². The quantitative estimate of drug-likeness (QED) is 0.635. The van der Waals surface area contributed by atoms with Crippen LogP contribution < -0.4 is 10.6 Å². The second-order valence-electron chi connectivity index (χ2n) is 3.48. The van der Waals surface area contributed by atoms with Crippen molar-refractivity contribution in [3.05, 3.63) is 29.8 Å². The predicted octanol–water partition coefficient (Wildman–Crippen LogP) is 0.920. The molecule has 1 aromatic carbocycles. The minimum atomic E-state index is -0.442. The van der Waals surface area contributed by atoms with Crippen LogP contribution in [-0.2, 0) is 0 Å². The topological polar surface area (TPSA) is 64.6 Å². The van der Waals surface area contributed by atoms with Crippen LogP contribution in [-0.4, -0.2) is 28.2 Å². The van der Waals surface area contributed by atoms with E-state index in [0.29, 0.717) is 5.56 Å². The first-order valence-corrected chi connectivity index (χ1v) is 5.12. The molecule has 1 heterocycles. The van der Waals surface area contributed by atoms with Crippen LogP contribution in [0.2, 0.25) is 0 Å². The van der Waals surface area contributed by atoms with Crippen molar-refractivity contribution in [1.82, 2.24) is 15.5 Å². The summed E-state index contributed by atoms with van der Waals surface area (Å²) in [7, 11) is 1.63. The fourth-order valence-corrected chi connectivity index (χ4v) is 1.76. The molecule has 1 aromatic rings. The summed E-state index contributed by atoms with van der Waals surface area (Å²) in [6.45, 7) is 0. The minimum Gasteiger partial charge on any atom is -0.508 e. The SMILES string of the molecule is CN1C(=O)NC(=S)NC1c1ccccc1O. The summed E-state index contributed by atoms with van der Waals surface area (Å²) in [5.41, 5.74) is 0.613. The molecular weight excluding hydrogens is 226 g/mol. The van der Waals surface area contributed by atoms with E-state index >= 15 is 0 Å². The van der Waals surface area contributed by atoms with Gasteiger partial charge in [0.1, 0.15) is 11.9 Å². The molecule has 2 rings (SSSR count). The molecule has 0 aromatic heterocycles. The molecule has 0 bridgehead atoms. The van der Waals surface area contributed by atoms with Gasteiger partial charge in [0, 0.05) is 12.6 Å². The van der Waals surface area contributed by atoms with Crippen molar-refractivity contribution in [2.24, 2.45) is 0 Å². The molecule has 2 amide bonds. The van der Waals surface area contributed by atoms with Crippen molar-refractivity contribution < 1.29 is 9.90 Å². The minimum absolute atomic E-state index is 0.129. The first-order valence-electron chi connectivity index (χ1n) is 4.72. The maximum absolute atomic E-state index is 11.5. The van der Waals surface area contributed by atoms with E-state index in [9.17, 15) is 9.90 Å². The molecule has 1 saturated heterocycles. The van der Waals surface area contributed by atoms with Gasteiger partial charge in [-0.2, -0.15) is 0 Å². The molecular formula is C10H11N3O2S. The highest BCUT2D eigenvalue weighted by atomic mass is 32.1. The fraction of sp³-hybridized carbons (Fsp3) is 0.200. The highest BCUT2D eigenvalue weighted by Crippen LogP contribution is 2.26. The number of para-hydroxylation sites is 1. The average molecular weight is 237 g/mol. The summed E-state index contributed by atoms with van der Waals surface area (Å²) >= 11 is 4.90. The molecule has 0 aliphatic carbocycles. The third-order valence-corrected chi connectivity index (χ3v) is 2.65. The number of nitrogens with one attached hydrogen (secondary N) is 2. The summed E-state index contributed by atoms with van der Waals surface area (Å²) in [6, 6.07) is 6.53. The zero-order valence-corrected chi connectivity index (χ0v) is 9.41. The first kappa shape index (κ1) is 10.7. The fourth-order valence-electron chi connectivity index (χ4n) is 1.56. The van der Waals surface area contributed by atoms with Gasteiger partial charge in [0.25, 0.3) is 0 Å². The Morgan fingerprint density at radius 1 is 1.44 bits per heavy atom. The summed E-state index contributed by atoms with van der Waals surface area (Å²) in [4.78, 5) is 12.9. The molecule has 0 spiro atoms. The molecule has 0 radical (unpaired) electrons. The lowest BCUT2D eigenvalue weighted by atomic mass is 10.1. The lowest BCUT2D eigenvalue weighted by Gasteiger charge is -2.35. The first-order chi connectivity index (χ1) is 7.59. The molecule has 6 heteroatoms. The van der Waals surface area contributed by atoms with E-state index in [-0.39, 0.29) is 16.9 Å². The van der Waals surface area contributed by atoms with Crippen LogP contribution in [0.4, 0.5) is 4.79 Å². The van der Waals surface area contributed by atoms with E-state index in [1.54, 1.807) is 31.3 Å². The van der Waals surface area contributed by atoms with Crippen molar-refractivity contribution in [2.75, 3.05) is 7.05 Å². The van der Waals surface area contributed by atoms with Crippen molar-refractivity contribution in [2.45, 2.75) is 6.17 Å². The third kappa shape index (κ3) is 1.79. The molecule has 0 saturated carbocycles. The van der Waals surface area contributed by atoms with Gasteiger partial charge in [0.05, 0.1) is 0 Å². The lowest BCUT2D eigenvalue weighted by Crippen LogP contribution is -2.57. The van der Waals surface area contributed by atoms with E-state index in [2.05, 4.69) is 10.6 Å². The van der Waals surface area contributed by atoms with Crippen LogP contribution in [0.1, 0.15) is 11.7 Å². The Morgan fingerprint density at radius 3 is 2.81 bits per heavy atom. The molecule has 16 heavy (non-hydrogen) atoms. The Hall–Kier alpha value is -1.82. The number of hydrogen-bond acceptors (Lipinski definition) is 3. The highest BCUT2D eigenvalue weighted by molar-refractivity contribution is 7.80. The summed E-state index contributed by atoms with van der Waals surface area (Å²) in [6.07, 6.45) is -0.442. The molecule has 1 aliphatic rings. The number of carbonyl (C=O) groups excluding carboxylic acids is 1. The Kier molecular flexibility index (Phi) is 2.66. The van der Waals surface area contributed by atoms with Gasteiger partial charge in [-0.3, -0.25) is 5.32 Å². The standard InChI is InChI=1S/C10H11N3O2S/c1-13-8(11-9(16)12-10(13)15)6-4-2-3-5-7(6)14/h2-5,8,14H,1H3,(H2,11,12,15,16). The van der Waals surface area contributed by atoms with E-state index in [1.165, 1.54) is 4.90 Å². The van der Waals surface area contributed by atoms with Crippen molar-refractivity contribution >= 4 is 23.4 Å². The second-order valence-corrected chi connectivity index (χ2v) is 3.88. The van der Waals surface area contributed by atoms with E-state index in [4.69, 9.17) is 12.2 Å². The number of rotatable bonds is 1. The Morgan fingerprint density at radius 2 is 2.12 bits per heavy atom.